The number of aromatic nitrogens is 3. The Kier molecular flexibility index (Phi) is 3.83. The Labute approximate surface area is 109 Å². The van der Waals surface area contributed by atoms with Gasteiger partial charge in [-0.05, 0) is 12.1 Å². The molecule has 0 aliphatic carbocycles. The Morgan fingerprint density at radius 3 is 2.44 bits per heavy atom. The van der Waals surface area contributed by atoms with E-state index in [-0.39, 0.29) is 11.9 Å². The summed E-state index contributed by atoms with van der Waals surface area (Å²) in [5, 5.41) is 0. The molecule has 94 valence electrons. The van der Waals surface area contributed by atoms with Crippen molar-refractivity contribution in [1.29, 1.82) is 0 Å². The lowest BCUT2D eigenvalue weighted by molar-refractivity contribution is 0.405. The molecule has 0 aliphatic heterocycles. The van der Waals surface area contributed by atoms with Crippen LogP contribution in [-0.4, -0.2) is 22.1 Å². The molecule has 0 aliphatic rings. The van der Waals surface area contributed by atoms with E-state index in [9.17, 15) is 0 Å². The number of hydrogen-bond acceptors (Lipinski definition) is 7. The van der Waals surface area contributed by atoms with E-state index in [1.807, 2.05) is 24.3 Å². The second kappa shape index (κ2) is 5.54. The van der Waals surface area contributed by atoms with Gasteiger partial charge in [-0.1, -0.05) is 12.1 Å². The van der Waals surface area contributed by atoms with Gasteiger partial charge in [-0.15, -0.1) is 11.8 Å². The second-order valence-electron chi connectivity index (χ2n) is 3.41. The molecule has 0 saturated carbocycles. The van der Waals surface area contributed by atoms with Crippen molar-refractivity contribution in [3.8, 4) is 5.75 Å². The molecule has 0 spiro atoms. The molecule has 0 bridgehead atoms. The average Bonchev–Trinajstić information content (AvgIpc) is 2.35. The van der Waals surface area contributed by atoms with Crippen LogP contribution in [0.2, 0.25) is 0 Å². The highest BCUT2D eigenvalue weighted by Gasteiger charge is 2.06. The molecule has 18 heavy (non-hydrogen) atoms. The molecule has 0 fully saturated rings. The van der Waals surface area contributed by atoms with Gasteiger partial charge in [0, 0.05) is 4.90 Å². The predicted octanol–water partition coefficient (Wildman–Crippen LogP) is 1.34. The second-order valence-corrected chi connectivity index (χ2v) is 4.42. The summed E-state index contributed by atoms with van der Waals surface area (Å²) < 4.78 is 5.26. The van der Waals surface area contributed by atoms with Crippen LogP contribution < -0.4 is 16.2 Å². The fourth-order valence-corrected chi connectivity index (χ4v) is 2.28. The van der Waals surface area contributed by atoms with Crippen LogP contribution >= 0.6 is 11.8 Å². The number of ether oxygens (including phenoxy) is 1. The van der Waals surface area contributed by atoms with Crippen molar-refractivity contribution in [3.05, 3.63) is 30.1 Å². The molecular weight excluding hydrogens is 250 g/mol. The molecule has 2 aromatic rings. The summed E-state index contributed by atoms with van der Waals surface area (Å²) in [5.74, 6) is 2.20. The molecule has 2 rings (SSSR count). The summed E-state index contributed by atoms with van der Waals surface area (Å²) in [5.41, 5.74) is 11.0. The SMILES string of the molecule is COc1ccccc1SCc1nc(N)nc(N)n1. The largest absolute Gasteiger partial charge is 0.496 e. The highest BCUT2D eigenvalue weighted by molar-refractivity contribution is 7.98. The van der Waals surface area contributed by atoms with Crippen molar-refractivity contribution >= 4 is 23.7 Å². The Morgan fingerprint density at radius 2 is 1.78 bits per heavy atom. The molecule has 0 saturated heterocycles. The molecule has 1 aromatic carbocycles. The van der Waals surface area contributed by atoms with Crippen molar-refractivity contribution in [1.82, 2.24) is 15.0 Å². The van der Waals surface area contributed by atoms with Crippen LogP contribution in [0, 0.1) is 0 Å². The van der Waals surface area contributed by atoms with E-state index in [4.69, 9.17) is 16.2 Å². The summed E-state index contributed by atoms with van der Waals surface area (Å²) in [7, 11) is 1.64. The van der Waals surface area contributed by atoms with Crippen LogP contribution in [0.5, 0.6) is 5.75 Å². The van der Waals surface area contributed by atoms with Gasteiger partial charge >= 0.3 is 0 Å². The molecule has 0 amide bonds. The van der Waals surface area contributed by atoms with Gasteiger partial charge in [0.1, 0.15) is 11.6 Å². The minimum Gasteiger partial charge on any atom is -0.496 e. The fraction of sp³-hybridized carbons (Fsp3) is 0.182. The van der Waals surface area contributed by atoms with Gasteiger partial charge in [-0.25, -0.2) is 0 Å². The summed E-state index contributed by atoms with van der Waals surface area (Å²) in [6.07, 6.45) is 0. The van der Waals surface area contributed by atoms with Gasteiger partial charge < -0.3 is 16.2 Å². The molecular formula is C11H13N5OS. The Bertz CT molecular complexity index is 528. The highest BCUT2D eigenvalue weighted by atomic mass is 32.2. The number of nitrogen functional groups attached to an aromatic ring is 2. The van der Waals surface area contributed by atoms with Crippen LogP contribution in [0.4, 0.5) is 11.9 Å². The minimum absolute atomic E-state index is 0.137. The summed E-state index contributed by atoms with van der Waals surface area (Å²) >= 11 is 1.55. The third-order valence-electron chi connectivity index (χ3n) is 2.14. The highest BCUT2D eigenvalue weighted by Crippen LogP contribution is 2.30. The first-order valence-electron chi connectivity index (χ1n) is 5.21. The van der Waals surface area contributed by atoms with Crippen LogP contribution in [0.1, 0.15) is 5.82 Å². The van der Waals surface area contributed by atoms with Gasteiger partial charge in [0.15, 0.2) is 0 Å². The van der Waals surface area contributed by atoms with Gasteiger partial charge in [-0.2, -0.15) is 15.0 Å². The number of methoxy groups -OCH3 is 1. The molecule has 6 nitrogen and oxygen atoms in total. The van der Waals surface area contributed by atoms with Gasteiger partial charge in [-0.3, -0.25) is 0 Å². The molecule has 0 radical (unpaired) electrons. The van der Waals surface area contributed by atoms with Gasteiger partial charge in [0.05, 0.1) is 12.9 Å². The first kappa shape index (κ1) is 12.4. The van der Waals surface area contributed by atoms with E-state index >= 15 is 0 Å². The first-order valence-corrected chi connectivity index (χ1v) is 6.19. The Hall–Kier alpha value is -2.02. The zero-order valence-electron chi connectivity index (χ0n) is 9.83. The number of rotatable bonds is 4. The summed E-state index contributed by atoms with van der Waals surface area (Å²) in [6.45, 7) is 0. The third-order valence-corrected chi connectivity index (χ3v) is 3.19. The fourth-order valence-electron chi connectivity index (χ4n) is 1.40. The number of para-hydroxylation sites is 1. The number of anilines is 2. The monoisotopic (exact) mass is 263 g/mol. The van der Waals surface area contributed by atoms with E-state index in [1.54, 1.807) is 18.9 Å². The predicted molar refractivity (Wildman–Crippen MR) is 71.2 cm³/mol. The lowest BCUT2D eigenvalue weighted by atomic mass is 10.3. The molecule has 4 N–H and O–H groups in total. The van der Waals surface area contributed by atoms with Gasteiger partial charge in [0.25, 0.3) is 0 Å². The first-order chi connectivity index (χ1) is 8.69. The summed E-state index contributed by atoms with van der Waals surface area (Å²) in [4.78, 5) is 12.8. The molecule has 0 unspecified atom stereocenters. The maximum atomic E-state index is 5.51. The molecule has 1 heterocycles. The number of nitrogens with two attached hydrogens (primary N) is 2. The standard InChI is InChI=1S/C11H13N5OS/c1-17-7-4-2-3-5-8(7)18-6-9-14-10(12)16-11(13)15-9/h2-5H,6H2,1H3,(H4,12,13,14,15,16). The quantitative estimate of drug-likeness (QED) is 0.803. The molecule has 7 heteroatoms. The van der Waals surface area contributed by atoms with Crippen LogP contribution in [-0.2, 0) is 5.75 Å². The average molecular weight is 263 g/mol. The Balaban J connectivity index is 2.11. The zero-order valence-corrected chi connectivity index (χ0v) is 10.6. The minimum atomic E-state index is 0.137. The van der Waals surface area contributed by atoms with E-state index in [2.05, 4.69) is 15.0 Å². The lowest BCUT2D eigenvalue weighted by Crippen LogP contribution is -2.05. The topological polar surface area (TPSA) is 99.9 Å². The van der Waals surface area contributed by atoms with Crippen LogP contribution in [0.15, 0.2) is 29.2 Å². The van der Waals surface area contributed by atoms with Crippen molar-refractivity contribution in [2.24, 2.45) is 0 Å². The Morgan fingerprint density at radius 1 is 1.11 bits per heavy atom. The van der Waals surface area contributed by atoms with E-state index < -0.39 is 0 Å². The van der Waals surface area contributed by atoms with Crippen molar-refractivity contribution in [3.63, 3.8) is 0 Å². The third kappa shape index (κ3) is 3.01. The van der Waals surface area contributed by atoms with Crippen molar-refractivity contribution in [2.75, 3.05) is 18.6 Å². The smallest absolute Gasteiger partial charge is 0.225 e. The molecule has 1 aromatic heterocycles. The van der Waals surface area contributed by atoms with Gasteiger partial charge in [0.2, 0.25) is 11.9 Å². The number of hydrogen-bond donors (Lipinski definition) is 2. The van der Waals surface area contributed by atoms with E-state index in [0.29, 0.717) is 11.6 Å². The van der Waals surface area contributed by atoms with Crippen LogP contribution in [0.3, 0.4) is 0 Å². The summed E-state index contributed by atoms with van der Waals surface area (Å²) in [6, 6.07) is 7.73. The maximum absolute atomic E-state index is 5.51. The van der Waals surface area contributed by atoms with Crippen LogP contribution in [0.25, 0.3) is 0 Å². The van der Waals surface area contributed by atoms with Crippen molar-refractivity contribution in [2.45, 2.75) is 10.6 Å². The normalized spacial score (nSPS) is 10.3. The van der Waals surface area contributed by atoms with Crippen molar-refractivity contribution < 1.29 is 4.74 Å². The van der Waals surface area contributed by atoms with E-state index in [1.165, 1.54) is 0 Å². The molecule has 0 atom stereocenters. The van der Waals surface area contributed by atoms with E-state index in [0.717, 1.165) is 10.6 Å². The number of benzene rings is 1. The number of nitrogens with zero attached hydrogens (tertiary/aromatic N) is 3. The maximum Gasteiger partial charge on any atom is 0.225 e. The lowest BCUT2D eigenvalue weighted by Gasteiger charge is -2.07. The number of thioether (sulfide) groups is 1. The zero-order chi connectivity index (χ0) is 13.0.